The Bertz CT molecular complexity index is 928. The average molecular weight is 405 g/mol. The zero-order chi connectivity index (χ0) is 19.2. The zero-order valence-corrected chi connectivity index (χ0v) is 15.3. The van der Waals surface area contributed by atoms with E-state index in [0.29, 0.717) is 22.1 Å². The number of benzene rings is 2. The van der Waals surface area contributed by atoms with Gasteiger partial charge in [0.05, 0.1) is 0 Å². The fourth-order valence-corrected chi connectivity index (χ4v) is 2.79. The Labute approximate surface area is 162 Å². The van der Waals surface area contributed by atoms with Gasteiger partial charge in [-0.25, -0.2) is 8.78 Å². The van der Waals surface area contributed by atoms with Gasteiger partial charge in [-0.05, 0) is 65.7 Å². The number of nitrogens with one attached hydrogen (secondary N) is 3. The number of anilines is 2. The molecule has 138 valence electrons. The van der Waals surface area contributed by atoms with Crippen molar-refractivity contribution in [3.63, 3.8) is 0 Å². The van der Waals surface area contributed by atoms with E-state index in [0.717, 1.165) is 17.6 Å². The highest BCUT2D eigenvalue weighted by atomic mass is 32.1. The molecule has 0 saturated heterocycles. The van der Waals surface area contributed by atoms with E-state index >= 15 is 0 Å². The maximum Gasteiger partial charge on any atom is 0.277 e. The second-order valence-corrected chi connectivity index (χ2v) is 6.43. The molecule has 1 heterocycles. The number of amides is 1. The normalized spacial score (nSPS) is 10.3. The Morgan fingerprint density at radius 2 is 1.67 bits per heavy atom. The first kappa shape index (κ1) is 18.8. The smallest absolute Gasteiger partial charge is 0.277 e. The molecule has 0 saturated carbocycles. The summed E-state index contributed by atoms with van der Waals surface area (Å²) in [5, 5.41) is 14.1. The summed E-state index contributed by atoms with van der Waals surface area (Å²) in [6.07, 6.45) is 0. The van der Waals surface area contributed by atoms with Crippen molar-refractivity contribution in [1.29, 1.82) is 0 Å². The summed E-state index contributed by atoms with van der Waals surface area (Å²) in [7, 11) is 0. The molecule has 0 bridgehead atoms. The van der Waals surface area contributed by atoms with E-state index in [1.807, 2.05) is 0 Å². The third kappa shape index (κ3) is 5.50. The zero-order valence-electron chi connectivity index (χ0n) is 13.7. The number of carbonyl (C=O) groups excluding carboxylic acids is 1. The SMILES string of the molecule is O=C(Nc1ccc(NC(=S)NCc2cc(F)cc(F)c2)cc1)c1csnn1. The first-order chi connectivity index (χ1) is 13.0. The van der Waals surface area contributed by atoms with Gasteiger partial charge in [0, 0.05) is 29.4 Å². The summed E-state index contributed by atoms with van der Waals surface area (Å²) in [6, 6.07) is 10.1. The highest BCUT2D eigenvalue weighted by Crippen LogP contribution is 2.15. The molecule has 2 aromatic carbocycles. The third-order valence-electron chi connectivity index (χ3n) is 3.37. The molecule has 3 N–H and O–H groups in total. The van der Waals surface area contributed by atoms with Gasteiger partial charge in [0.25, 0.3) is 5.91 Å². The largest absolute Gasteiger partial charge is 0.358 e. The summed E-state index contributed by atoms with van der Waals surface area (Å²) in [5.74, 6) is -1.63. The molecule has 0 aliphatic heterocycles. The number of rotatable bonds is 5. The van der Waals surface area contributed by atoms with Gasteiger partial charge in [-0.1, -0.05) is 4.49 Å². The van der Waals surface area contributed by atoms with Crippen LogP contribution in [0.3, 0.4) is 0 Å². The molecule has 6 nitrogen and oxygen atoms in total. The Kier molecular flexibility index (Phi) is 5.99. The molecular weight excluding hydrogens is 392 g/mol. The van der Waals surface area contributed by atoms with E-state index < -0.39 is 11.6 Å². The number of nitrogens with zero attached hydrogens (tertiary/aromatic N) is 2. The van der Waals surface area contributed by atoms with Crippen molar-refractivity contribution < 1.29 is 13.6 Å². The molecule has 1 amide bonds. The first-order valence-corrected chi connectivity index (χ1v) is 8.92. The Hall–Kier alpha value is -2.98. The van der Waals surface area contributed by atoms with Crippen LogP contribution in [-0.2, 0) is 6.54 Å². The Morgan fingerprint density at radius 3 is 2.26 bits per heavy atom. The summed E-state index contributed by atoms with van der Waals surface area (Å²) in [4.78, 5) is 11.9. The van der Waals surface area contributed by atoms with E-state index in [2.05, 4.69) is 25.5 Å². The lowest BCUT2D eigenvalue weighted by molar-refractivity contribution is 0.102. The van der Waals surface area contributed by atoms with E-state index in [1.54, 1.807) is 29.6 Å². The molecule has 10 heteroatoms. The number of halogens is 2. The van der Waals surface area contributed by atoms with Crippen LogP contribution in [0.25, 0.3) is 0 Å². The second kappa shape index (κ2) is 8.60. The first-order valence-electron chi connectivity index (χ1n) is 7.68. The highest BCUT2D eigenvalue weighted by Gasteiger charge is 2.09. The van der Waals surface area contributed by atoms with Gasteiger partial charge in [0.2, 0.25) is 0 Å². The highest BCUT2D eigenvalue weighted by molar-refractivity contribution is 7.80. The van der Waals surface area contributed by atoms with E-state index in [-0.39, 0.29) is 18.1 Å². The van der Waals surface area contributed by atoms with Crippen molar-refractivity contribution in [2.24, 2.45) is 0 Å². The number of hydrogen-bond acceptors (Lipinski definition) is 5. The molecular formula is C17H13F2N5OS2. The molecule has 0 radical (unpaired) electrons. The van der Waals surface area contributed by atoms with Gasteiger partial charge in [-0.2, -0.15) is 0 Å². The fourth-order valence-electron chi connectivity index (χ4n) is 2.17. The topological polar surface area (TPSA) is 78.9 Å². The fraction of sp³-hybridized carbons (Fsp3) is 0.0588. The van der Waals surface area contributed by atoms with Gasteiger partial charge in [-0.3, -0.25) is 4.79 Å². The molecule has 3 aromatic rings. The molecule has 0 aliphatic carbocycles. The number of carbonyl (C=O) groups is 1. The van der Waals surface area contributed by atoms with Gasteiger partial charge in [-0.15, -0.1) is 5.10 Å². The maximum absolute atomic E-state index is 13.2. The van der Waals surface area contributed by atoms with Crippen molar-refractivity contribution in [1.82, 2.24) is 14.9 Å². The molecule has 0 spiro atoms. The average Bonchev–Trinajstić information content (AvgIpc) is 3.16. The monoisotopic (exact) mass is 405 g/mol. The van der Waals surface area contributed by atoms with E-state index in [4.69, 9.17) is 12.2 Å². The molecule has 0 fully saturated rings. The lowest BCUT2D eigenvalue weighted by atomic mass is 10.2. The van der Waals surface area contributed by atoms with Crippen LogP contribution in [0, 0.1) is 11.6 Å². The lowest BCUT2D eigenvalue weighted by Crippen LogP contribution is -2.27. The number of aromatic nitrogens is 2. The quantitative estimate of drug-likeness (QED) is 0.564. The third-order valence-corrected chi connectivity index (χ3v) is 4.12. The predicted molar refractivity (Wildman–Crippen MR) is 104 cm³/mol. The Balaban J connectivity index is 1.51. The van der Waals surface area contributed by atoms with E-state index in [1.165, 1.54) is 12.1 Å². The molecule has 1 aromatic heterocycles. The summed E-state index contributed by atoms with van der Waals surface area (Å²) >= 11 is 6.26. The Morgan fingerprint density at radius 1 is 1.04 bits per heavy atom. The standard InChI is InChI=1S/C17H13F2N5OS2/c18-11-5-10(6-12(19)7-11)8-20-17(26)22-14-3-1-13(2-4-14)21-16(25)15-9-27-24-23-15/h1-7,9H,8H2,(H,21,25)(H2,20,22,26). The molecule has 0 atom stereocenters. The summed E-state index contributed by atoms with van der Waals surface area (Å²) < 4.78 is 30.0. The summed E-state index contributed by atoms with van der Waals surface area (Å²) in [5.41, 5.74) is 1.96. The minimum absolute atomic E-state index is 0.177. The van der Waals surface area contributed by atoms with Crippen molar-refractivity contribution >= 4 is 46.1 Å². The van der Waals surface area contributed by atoms with Crippen LogP contribution in [0.5, 0.6) is 0 Å². The van der Waals surface area contributed by atoms with Crippen LogP contribution in [0.1, 0.15) is 16.1 Å². The van der Waals surface area contributed by atoms with Crippen LogP contribution < -0.4 is 16.0 Å². The van der Waals surface area contributed by atoms with Gasteiger partial charge in [0.1, 0.15) is 11.6 Å². The minimum Gasteiger partial charge on any atom is -0.358 e. The van der Waals surface area contributed by atoms with Gasteiger partial charge >= 0.3 is 0 Å². The van der Waals surface area contributed by atoms with Crippen LogP contribution in [0.4, 0.5) is 20.2 Å². The van der Waals surface area contributed by atoms with Gasteiger partial charge < -0.3 is 16.0 Å². The maximum atomic E-state index is 13.2. The van der Waals surface area contributed by atoms with Crippen LogP contribution in [-0.4, -0.2) is 20.6 Å². The van der Waals surface area contributed by atoms with Crippen LogP contribution >= 0.6 is 23.8 Å². The second-order valence-electron chi connectivity index (χ2n) is 5.41. The van der Waals surface area contributed by atoms with Crippen LogP contribution in [0.2, 0.25) is 0 Å². The summed E-state index contributed by atoms with van der Waals surface area (Å²) in [6.45, 7) is 0.177. The molecule has 0 aliphatic rings. The van der Waals surface area contributed by atoms with Crippen molar-refractivity contribution in [3.05, 3.63) is 70.7 Å². The van der Waals surface area contributed by atoms with Gasteiger partial charge in [0.15, 0.2) is 10.8 Å². The number of thiocarbonyl (C=S) groups is 1. The molecule has 3 rings (SSSR count). The van der Waals surface area contributed by atoms with Crippen molar-refractivity contribution in [2.75, 3.05) is 10.6 Å². The minimum atomic E-state index is -0.642. The number of hydrogen-bond donors (Lipinski definition) is 3. The lowest BCUT2D eigenvalue weighted by Gasteiger charge is -2.11. The molecule has 27 heavy (non-hydrogen) atoms. The molecule has 0 unspecified atom stereocenters. The predicted octanol–water partition coefficient (Wildman–Crippen LogP) is 3.56. The van der Waals surface area contributed by atoms with Crippen LogP contribution in [0.15, 0.2) is 47.8 Å². The van der Waals surface area contributed by atoms with Crippen molar-refractivity contribution in [3.8, 4) is 0 Å². The van der Waals surface area contributed by atoms with Crippen molar-refractivity contribution in [2.45, 2.75) is 6.54 Å². The van der Waals surface area contributed by atoms with E-state index in [9.17, 15) is 13.6 Å².